The number of hydrogen-bond donors (Lipinski definition) is 0. The van der Waals surface area contributed by atoms with Gasteiger partial charge in [0, 0.05) is 18.7 Å². The summed E-state index contributed by atoms with van der Waals surface area (Å²) < 4.78 is 0. The molecule has 0 radical (unpaired) electrons. The molecule has 0 unspecified atom stereocenters. The van der Waals surface area contributed by atoms with E-state index in [0.717, 1.165) is 18.4 Å². The third kappa shape index (κ3) is 2.20. The quantitative estimate of drug-likeness (QED) is 0.723. The van der Waals surface area contributed by atoms with Crippen LogP contribution in [0, 0.1) is 0 Å². The Balaban J connectivity index is 2.07. The molecule has 0 spiro atoms. The fourth-order valence-electron chi connectivity index (χ4n) is 2.24. The second-order valence-corrected chi connectivity index (χ2v) is 4.22. The molecule has 0 bridgehead atoms. The van der Waals surface area contributed by atoms with Crippen LogP contribution in [0.4, 0.5) is 0 Å². The summed E-state index contributed by atoms with van der Waals surface area (Å²) in [6, 6.07) is 9.98. The lowest BCUT2D eigenvalue weighted by molar-refractivity contribution is 0.0735. The SMILES string of the molecule is CN(C(=O)c1ccccc1)C1CCCC1. The first kappa shape index (κ1) is 10.2. The van der Waals surface area contributed by atoms with Crippen molar-refractivity contribution in [3.8, 4) is 0 Å². The molecule has 1 amide bonds. The first-order chi connectivity index (χ1) is 7.29. The average Bonchev–Trinajstić information content (AvgIpc) is 2.82. The van der Waals surface area contributed by atoms with Crippen LogP contribution in [-0.4, -0.2) is 23.9 Å². The number of carbonyl (C=O) groups excluding carboxylic acids is 1. The van der Waals surface area contributed by atoms with Gasteiger partial charge in [0.05, 0.1) is 0 Å². The molecule has 1 aromatic carbocycles. The summed E-state index contributed by atoms with van der Waals surface area (Å²) >= 11 is 0. The highest BCUT2D eigenvalue weighted by atomic mass is 16.2. The maximum atomic E-state index is 12.1. The Labute approximate surface area is 90.9 Å². The monoisotopic (exact) mass is 203 g/mol. The molecule has 80 valence electrons. The summed E-state index contributed by atoms with van der Waals surface area (Å²) in [6.07, 6.45) is 4.85. The van der Waals surface area contributed by atoms with Crippen LogP contribution in [0.15, 0.2) is 30.3 Å². The largest absolute Gasteiger partial charge is 0.339 e. The predicted octanol–water partition coefficient (Wildman–Crippen LogP) is 2.70. The van der Waals surface area contributed by atoms with Crippen molar-refractivity contribution in [2.45, 2.75) is 31.7 Å². The van der Waals surface area contributed by atoms with Gasteiger partial charge in [0.1, 0.15) is 0 Å². The summed E-state index contributed by atoms with van der Waals surface area (Å²) in [6.45, 7) is 0. The molecule has 0 aliphatic heterocycles. The summed E-state index contributed by atoms with van der Waals surface area (Å²) in [5.74, 6) is 0.155. The van der Waals surface area contributed by atoms with E-state index < -0.39 is 0 Å². The summed E-state index contributed by atoms with van der Waals surface area (Å²) in [7, 11) is 1.92. The van der Waals surface area contributed by atoms with Crippen LogP contribution < -0.4 is 0 Å². The van der Waals surface area contributed by atoms with Crippen molar-refractivity contribution < 1.29 is 4.79 Å². The van der Waals surface area contributed by atoms with Gasteiger partial charge in [-0.2, -0.15) is 0 Å². The number of benzene rings is 1. The number of nitrogens with zero attached hydrogens (tertiary/aromatic N) is 1. The minimum absolute atomic E-state index is 0.155. The topological polar surface area (TPSA) is 20.3 Å². The van der Waals surface area contributed by atoms with E-state index in [0.29, 0.717) is 6.04 Å². The zero-order valence-corrected chi connectivity index (χ0v) is 9.15. The van der Waals surface area contributed by atoms with Crippen molar-refractivity contribution in [1.82, 2.24) is 4.90 Å². The van der Waals surface area contributed by atoms with Crippen molar-refractivity contribution in [3.63, 3.8) is 0 Å². The Hall–Kier alpha value is -1.31. The molecule has 2 rings (SSSR count). The Bertz CT molecular complexity index is 328. The number of amides is 1. The van der Waals surface area contributed by atoms with Crippen LogP contribution >= 0.6 is 0 Å². The Kier molecular flexibility index (Phi) is 3.05. The lowest BCUT2D eigenvalue weighted by atomic mass is 10.1. The van der Waals surface area contributed by atoms with Crippen molar-refractivity contribution in [2.24, 2.45) is 0 Å². The van der Waals surface area contributed by atoms with Crippen molar-refractivity contribution in [2.75, 3.05) is 7.05 Å². The minimum atomic E-state index is 0.155. The van der Waals surface area contributed by atoms with Gasteiger partial charge in [0.25, 0.3) is 5.91 Å². The Morgan fingerprint density at radius 2 is 1.80 bits per heavy atom. The molecule has 1 aliphatic carbocycles. The molecule has 2 heteroatoms. The lowest BCUT2D eigenvalue weighted by Crippen LogP contribution is -2.35. The van der Waals surface area contributed by atoms with E-state index in [2.05, 4.69) is 0 Å². The molecule has 0 aromatic heterocycles. The van der Waals surface area contributed by atoms with Crippen LogP contribution in [0.1, 0.15) is 36.0 Å². The summed E-state index contributed by atoms with van der Waals surface area (Å²) in [5.41, 5.74) is 0.798. The molecule has 1 aliphatic rings. The van der Waals surface area contributed by atoms with Gasteiger partial charge < -0.3 is 4.90 Å². The van der Waals surface area contributed by atoms with Crippen molar-refractivity contribution in [1.29, 1.82) is 0 Å². The second-order valence-electron chi connectivity index (χ2n) is 4.22. The minimum Gasteiger partial charge on any atom is -0.339 e. The van der Waals surface area contributed by atoms with Gasteiger partial charge in [0.2, 0.25) is 0 Å². The predicted molar refractivity (Wildman–Crippen MR) is 60.8 cm³/mol. The smallest absolute Gasteiger partial charge is 0.253 e. The van der Waals surface area contributed by atoms with E-state index in [-0.39, 0.29) is 5.91 Å². The molecule has 0 heterocycles. The Morgan fingerprint density at radius 1 is 1.20 bits per heavy atom. The fourth-order valence-corrected chi connectivity index (χ4v) is 2.24. The fraction of sp³-hybridized carbons (Fsp3) is 0.462. The number of carbonyl (C=O) groups is 1. The van der Waals surface area contributed by atoms with E-state index >= 15 is 0 Å². The average molecular weight is 203 g/mol. The zero-order chi connectivity index (χ0) is 10.7. The van der Waals surface area contributed by atoms with Gasteiger partial charge in [-0.25, -0.2) is 0 Å². The van der Waals surface area contributed by atoms with E-state index in [1.54, 1.807) is 0 Å². The second kappa shape index (κ2) is 4.47. The Morgan fingerprint density at radius 3 is 2.40 bits per heavy atom. The zero-order valence-electron chi connectivity index (χ0n) is 9.15. The lowest BCUT2D eigenvalue weighted by Gasteiger charge is -2.24. The molecule has 1 saturated carbocycles. The molecule has 1 fully saturated rings. The van der Waals surface area contributed by atoms with Gasteiger partial charge in [-0.15, -0.1) is 0 Å². The van der Waals surface area contributed by atoms with E-state index in [9.17, 15) is 4.79 Å². The van der Waals surface area contributed by atoms with Gasteiger partial charge >= 0.3 is 0 Å². The molecule has 2 nitrogen and oxygen atoms in total. The normalized spacial score (nSPS) is 16.6. The van der Waals surface area contributed by atoms with E-state index in [4.69, 9.17) is 0 Å². The van der Waals surface area contributed by atoms with Gasteiger partial charge in [0.15, 0.2) is 0 Å². The molecule has 15 heavy (non-hydrogen) atoms. The molecule has 0 saturated heterocycles. The van der Waals surface area contributed by atoms with Gasteiger partial charge in [-0.3, -0.25) is 4.79 Å². The molecular weight excluding hydrogens is 186 g/mol. The molecule has 0 atom stereocenters. The summed E-state index contributed by atoms with van der Waals surface area (Å²) in [4.78, 5) is 14.0. The first-order valence-corrected chi connectivity index (χ1v) is 5.61. The maximum Gasteiger partial charge on any atom is 0.253 e. The van der Waals surface area contributed by atoms with E-state index in [1.807, 2.05) is 42.3 Å². The van der Waals surface area contributed by atoms with Gasteiger partial charge in [-0.1, -0.05) is 31.0 Å². The van der Waals surface area contributed by atoms with Crippen LogP contribution in [0.5, 0.6) is 0 Å². The molecule has 0 N–H and O–H groups in total. The highest BCUT2D eigenvalue weighted by Gasteiger charge is 2.23. The maximum absolute atomic E-state index is 12.1. The number of rotatable bonds is 2. The third-order valence-electron chi connectivity index (χ3n) is 3.21. The van der Waals surface area contributed by atoms with Crippen LogP contribution in [0.2, 0.25) is 0 Å². The molecule has 1 aromatic rings. The molecular formula is C13H17NO. The number of hydrogen-bond acceptors (Lipinski definition) is 1. The van der Waals surface area contributed by atoms with Crippen LogP contribution in [0.25, 0.3) is 0 Å². The van der Waals surface area contributed by atoms with Gasteiger partial charge in [-0.05, 0) is 25.0 Å². The standard InChI is InChI=1S/C13H17NO/c1-14(12-9-5-6-10-12)13(15)11-7-3-2-4-8-11/h2-4,7-8,12H,5-6,9-10H2,1H3. The van der Waals surface area contributed by atoms with Crippen LogP contribution in [-0.2, 0) is 0 Å². The van der Waals surface area contributed by atoms with Crippen molar-refractivity contribution in [3.05, 3.63) is 35.9 Å². The third-order valence-corrected chi connectivity index (χ3v) is 3.21. The first-order valence-electron chi connectivity index (χ1n) is 5.61. The van der Waals surface area contributed by atoms with E-state index in [1.165, 1.54) is 12.8 Å². The highest BCUT2D eigenvalue weighted by Crippen LogP contribution is 2.23. The summed E-state index contributed by atoms with van der Waals surface area (Å²) in [5, 5.41) is 0. The highest BCUT2D eigenvalue weighted by molar-refractivity contribution is 5.94. The van der Waals surface area contributed by atoms with Crippen LogP contribution in [0.3, 0.4) is 0 Å². The van der Waals surface area contributed by atoms with Crippen molar-refractivity contribution >= 4 is 5.91 Å².